The second kappa shape index (κ2) is 8.45. The van der Waals surface area contributed by atoms with E-state index in [0.29, 0.717) is 6.61 Å². The first-order valence-corrected chi connectivity index (χ1v) is 6.66. The van der Waals surface area contributed by atoms with Gasteiger partial charge in [-0.2, -0.15) is 0 Å². The third-order valence-electron chi connectivity index (χ3n) is 2.78. The van der Waals surface area contributed by atoms with Gasteiger partial charge < -0.3 is 9.84 Å². The Bertz CT molecular complexity index is 410. The summed E-state index contributed by atoms with van der Waals surface area (Å²) in [4.78, 5) is 14.6. The zero-order valence-corrected chi connectivity index (χ0v) is 11.2. The number of carboxylic acids is 1. The summed E-state index contributed by atoms with van der Waals surface area (Å²) in [5.41, 5.74) is -0.231. The molecule has 106 valence electrons. The molecule has 0 aliphatic carbocycles. The van der Waals surface area contributed by atoms with E-state index in [1.54, 1.807) is 0 Å². The summed E-state index contributed by atoms with van der Waals surface area (Å²) in [5.74, 6) is -1.92. The van der Waals surface area contributed by atoms with Gasteiger partial charge in [0.2, 0.25) is 5.88 Å². The Balaban J connectivity index is 2.35. The van der Waals surface area contributed by atoms with Crippen LogP contribution in [0.3, 0.4) is 0 Å². The minimum atomic E-state index is -1.23. The van der Waals surface area contributed by atoms with E-state index < -0.39 is 11.8 Å². The van der Waals surface area contributed by atoms with Crippen LogP contribution in [0.4, 0.5) is 4.39 Å². The molecule has 1 aromatic rings. The first-order valence-electron chi connectivity index (χ1n) is 6.66. The molecule has 0 saturated heterocycles. The first-order chi connectivity index (χ1) is 9.15. The fourth-order valence-electron chi connectivity index (χ4n) is 1.75. The minimum Gasteiger partial charge on any atom is -0.477 e. The zero-order chi connectivity index (χ0) is 14.1. The van der Waals surface area contributed by atoms with E-state index in [4.69, 9.17) is 9.84 Å². The summed E-state index contributed by atoms with van der Waals surface area (Å²) in [5, 5.41) is 8.90. The number of rotatable bonds is 9. The standard InChI is InChI=1S/C14H20FNO3/c1-2-3-4-5-6-7-8-19-13-12(14(17)18)9-11(15)10-16-13/h9-10H,2-8H2,1H3,(H,17,18). The van der Waals surface area contributed by atoms with Crippen molar-refractivity contribution in [3.8, 4) is 5.88 Å². The van der Waals surface area contributed by atoms with Gasteiger partial charge in [-0.05, 0) is 12.5 Å². The number of carbonyl (C=O) groups is 1. The van der Waals surface area contributed by atoms with Crippen molar-refractivity contribution in [1.82, 2.24) is 4.98 Å². The van der Waals surface area contributed by atoms with Crippen molar-refractivity contribution in [2.45, 2.75) is 45.4 Å². The van der Waals surface area contributed by atoms with Crippen molar-refractivity contribution in [3.05, 3.63) is 23.6 Å². The Kier molecular flexibility index (Phi) is 6.85. The van der Waals surface area contributed by atoms with Gasteiger partial charge in [0.1, 0.15) is 11.4 Å². The van der Waals surface area contributed by atoms with Crippen LogP contribution in [0.5, 0.6) is 5.88 Å². The molecule has 4 nitrogen and oxygen atoms in total. The van der Waals surface area contributed by atoms with Crippen molar-refractivity contribution in [2.75, 3.05) is 6.61 Å². The van der Waals surface area contributed by atoms with Gasteiger partial charge in [0.05, 0.1) is 12.8 Å². The average Bonchev–Trinajstić information content (AvgIpc) is 2.39. The number of nitrogens with zero attached hydrogens (tertiary/aromatic N) is 1. The molecule has 0 aliphatic heterocycles. The number of ether oxygens (including phenoxy) is 1. The van der Waals surface area contributed by atoms with Crippen LogP contribution < -0.4 is 4.74 Å². The zero-order valence-electron chi connectivity index (χ0n) is 11.2. The fourth-order valence-corrected chi connectivity index (χ4v) is 1.75. The molecule has 5 heteroatoms. The molecule has 19 heavy (non-hydrogen) atoms. The normalized spacial score (nSPS) is 10.4. The fraction of sp³-hybridized carbons (Fsp3) is 0.571. The Hall–Kier alpha value is -1.65. The van der Waals surface area contributed by atoms with Gasteiger partial charge in [-0.1, -0.05) is 39.0 Å². The number of aromatic carboxylic acids is 1. The second-order valence-electron chi connectivity index (χ2n) is 4.43. The highest BCUT2D eigenvalue weighted by Gasteiger charge is 2.13. The van der Waals surface area contributed by atoms with Crippen LogP contribution in [0.25, 0.3) is 0 Å². The largest absolute Gasteiger partial charge is 0.477 e. The van der Waals surface area contributed by atoms with Crippen molar-refractivity contribution < 1.29 is 19.0 Å². The predicted octanol–water partition coefficient (Wildman–Crippen LogP) is 3.66. The molecule has 0 spiro atoms. The lowest BCUT2D eigenvalue weighted by Crippen LogP contribution is -2.07. The average molecular weight is 269 g/mol. The lowest BCUT2D eigenvalue weighted by Gasteiger charge is -2.07. The smallest absolute Gasteiger partial charge is 0.341 e. The number of carboxylic acid groups (broad SMARTS) is 1. The molecular formula is C14H20FNO3. The second-order valence-corrected chi connectivity index (χ2v) is 4.43. The Morgan fingerprint density at radius 1 is 1.32 bits per heavy atom. The van der Waals surface area contributed by atoms with Crippen LogP contribution in [0.1, 0.15) is 55.8 Å². The van der Waals surface area contributed by atoms with Gasteiger partial charge >= 0.3 is 5.97 Å². The van der Waals surface area contributed by atoms with E-state index >= 15 is 0 Å². The van der Waals surface area contributed by atoms with Gasteiger partial charge in [-0.3, -0.25) is 0 Å². The number of unbranched alkanes of at least 4 members (excludes halogenated alkanes) is 5. The molecule has 0 aliphatic rings. The number of hydrogen-bond acceptors (Lipinski definition) is 3. The van der Waals surface area contributed by atoms with E-state index in [1.165, 1.54) is 19.3 Å². The van der Waals surface area contributed by atoms with Crippen LogP contribution in [0, 0.1) is 5.82 Å². The molecule has 0 fully saturated rings. The molecule has 1 aromatic heterocycles. The molecule has 0 amide bonds. The van der Waals surface area contributed by atoms with Crippen LogP contribution in [-0.2, 0) is 0 Å². The van der Waals surface area contributed by atoms with Crippen molar-refractivity contribution in [3.63, 3.8) is 0 Å². The molecule has 0 bridgehead atoms. The van der Waals surface area contributed by atoms with Crippen molar-refractivity contribution in [2.24, 2.45) is 0 Å². The molecular weight excluding hydrogens is 249 g/mol. The summed E-state index contributed by atoms with van der Waals surface area (Å²) in [6.45, 7) is 2.57. The van der Waals surface area contributed by atoms with Gasteiger partial charge in [0.25, 0.3) is 0 Å². The SMILES string of the molecule is CCCCCCCCOc1ncc(F)cc1C(=O)O. The predicted molar refractivity (Wildman–Crippen MR) is 70.0 cm³/mol. The van der Waals surface area contributed by atoms with E-state index in [0.717, 1.165) is 31.5 Å². The van der Waals surface area contributed by atoms with Crippen LogP contribution in [0.2, 0.25) is 0 Å². The van der Waals surface area contributed by atoms with E-state index in [-0.39, 0.29) is 11.4 Å². The maximum Gasteiger partial charge on any atom is 0.341 e. The third-order valence-corrected chi connectivity index (χ3v) is 2.78. The summed E-state index contributed by atoms with van der Waals surface area (Å²) in [6.07, 6.45) is 7.67. The summed E-state index contributed by atoms with van der Waals surface area (Å²) < 4.78 is 18.2. The monoisotopic (exact) mass is 269 g/mol. The Labute approximate surface area is 112 Å². The highest BCUT2D eigenvalue weighted by atomic mass is 19.1. The third kappa shape index (κ3) is 5.68. The number of halogens is 1. The van der Waals surface area contributed by atoms with E-state index in [2.05, 4.69) is 11.9 Å². The van der Waals surface area contributed by atoms with E-state index in [9.17, 15) is 9.18 Å². The van der Waals surface area contributed by atoms with Gasteiger partial charge in [-0.15, -0.1) is 0 Å². The molecule has 0 saturated carbocycles. The van der Waals surface area contributed by atoms with Gasteiger partial charge in [0.15, 0.2) is 0 Å². The highest BCUT2D eigenvalue weighted by Crippen LogP contribution is 2.16. The Morgan fingerprint density at radius 2 is 2.00 bits per heavy atom. The topological polar surface area (TPSA) is 59.4 Å². The van der Waals surface area contributed by atoms with Crippen molar-refractivity contribution >= 4 is 5.97 Å². The molecule has 1 heterocycles. The lowest BCUT2D eigenvalue weighted by atomic mass is 10.1. The lowest BCUT2D eigenvalue weighted by molar-refractivity contribution is 0.0690. The summed E-state index contributed by atoms with van der Waals surface area (Å²) >= 11 is 0. The van der Waals surface area contributed by atoms with Crippen LogP contribution >= 0.6 is 0 Å². The maximum absolute atomic E-state index is 12.9. The van der Waals surface area contributed by atoms with Gasteiger partial charge in [-0.25, -0.2) is 14.2 Å². The van der Waals surface area contributed by atoms with E-state index in [1.807, 2.05) is 0 Å². The van der Waals surface area contributed by atoms with Gasteiger partial charge in [0, 0.05) is 0 Å². The molecule has 0 atom stereocenters. The van der Waals surface area contributed by atoms with Crippen LogP contribution in [-0.4, -0.2) is 22.7 Å². The van der Waals surface area contributed by atoms with Crippen LogP contribution in [0.15, 0.2) is 12.3 Å². The Morgan fingerprint density at radius 3 is 2.68 bits per heavy atom. The molecule has 0 aromatic carbocycles. The molecule has 1 rings (SSSR count). The highest BCUT2D eigenvalue weighted by molar-refractivity contribution is 5.90. The first kappa shape index (κ1) is 15.4. The minimum absolute atomic E-state index is 0.0116. The number of pyridine rings is 1. The quantitative estimate of drug-likeness (QED) is 0.695. The number of hydrogen-bond donors (Lipinski definition) is 1. The van der Waals surface area contributed by atoms with Crippen molar-refractivity contribution in [1.29, 1.82) is 0 Å². The maximum atomic E-state index is 12.9. The summed E-state index contributed by atoms with van der Waals surface area (Å²) in [6, 6.07) is 0.923. The molecule has 0 radical (unpaired) electrons. The molecule has 1 N–H and O–H groups in total. The molecule has 0 unspecified atom stereocenters. The number of aromatic nitrogens is 1. The summed E-state index contributed by atoms with van der Waals surface area (Å²) in [7, 11) is 0.